The molecule has 3 heterocycles. The van der Waals surface area contributed by atoms with Crippen LogP contribution in [0.4, 0.5) is 10.1 Å². The van der Waals surface area contributed by atoms with Crippen LogP contribution in [-0.4, -0.2) is 27.4 Å². The molecular formula is C24H29FN4. The van der Waals surface area contributed by atoms with Crippen LogP contribution in [0.1, 0.15) is 41.4 Å². The highest BCUT2D eigenvalue weighted by Crippen LogP contribution is 2.31. The topological polar surface area (TPSA) is 32.6 Å². The first kappa shape index (κ1) is 19.5. The number of nitrogens with zero attached hydrogens (tertiary/aromatic N) is 3. The van der Waals surface area contributed by atoms with Crippen molar-refractivity contribution in [3.05, 3.63) is 70.9 Å². The van der Waals surface area contributed by atoms with E-state index in [9.17, 15) is 4.39 Å². The van der Waals surface area contributed by atoms with Gasteiger partial charge in [-0.15, -0.1) is 0 Å². The number of aromatic nitrogens is 2. The average molecular weight is 393 g/mol. The third kappa shape index (κ3) is 3.61. The van der Waals surface area contributed by atoms with Crippen LogP contribution in [0, 0.1) is 32.5 Å². The molecule has 1 aromatic carbocycles. The zero-order valence-electron chi connectivity index (χ0n) is 17.7. The largest absolute Gasteiger partial charge is 0.378 e. The fraction of sp³-hybridized carbons (Fsp3) is 0.375. The molecule has 152 valence electrons. The van der Waals surface area contributed by atoms with Crippen molar-refractivity contribution in [1.29, 1.82) is 0 Å². The molecule has 3 aromatic rings. The summed E-state index contributed by atoms with van der Waals surface area (Å²) in [5.74, 6) is 0.552. The van der Waals surface area contributed by atoms with E-state index in [2.05, 4.69) is 47.3 Å². The maximum absolute atomic E-state index is 13.7. The summed E-state index contributed by atoms with van der Waals surface area (Å²) in [6, 6.07) is 7.03. The number of likely N-dealkylation sites (tertiary alicyclic amines) is 1. The lowest BCUT2D eigenvalue weighted by molar-refractivity contribution is 0.170. The number of pyridine rings is 1. The molecule has 29 heavy (non-hydrogen) atoms. The number of nitrogens with one attached hydrogen (secondary N) is 1. The van der Waals surface area contributed by atoms with Crippen LogP contribution in [0.25, 0.3) is 11.3 Å². The minimum atomic E-state index is -0.213. The summed E-state index contributed by atoms with van der Waals surface area (Å²) >= 11 is 0. The summed E-state index contributed by atoms with van der Waals surface area (Å²) in [5, 5.41) is 3.49. The first-order valence-electron chi connectivity index (χ1n) is 10.3. The quantitative estimate of drug-likeness (QED) is 0.616. The number of imidazole rings is 1. The number of aryl methyl sites for hydroxylation is 3. The number of rotatable bonds is 6. The molecule has 0 unspecified atom stereocenters. The lowest BCUT2D eigenvalue weighted by atomic mass is 9.95. The van der Waals surface area contributed by atoms with Crippen molar-refractivity contribution in [2.75, 3.05) is 18.4 Å². The van der Waals surface area contributed by atoms with Gasteiger partial charge in [0.15, 0.2) is 5.65 Å². The predicted molar refractivity (Wildman–Crippen MR) is 118 cm³/mol. The van der Waals surface area contributed by atoms with Gasteiger partial charge in [-0.2, -0.15) is 0 Å². The molecule has 0 radical (unpaired) electrons. The van der Waals surface area contributed by atoms with Crippen LogP contribution in [0.2, 0.25) is 0 Å². The highest BCUT2D eigenvalue weighted by molar-refractivity contribution is 5.75. The standard InChI is InChI=1S/C24H29FN4/c1-6-19-12-28(13-19)18(5)21-10-23(24-27-16(3)17(4)29(24)14-21)26-11-20-9-22(25)8-7-15(20)2/h7-10,14,19,26H,5-6,11-13H2,1-4H3. The molecule has 0 aliphatic carbocycles. The Morgan fingerprint density at radius 2 is 2.00 bits per heavy atom. The smallest absolute Gasteiger partial charge is 0.160 e. The maximum atomic E-state index is 13.7. The minimum Gasteiger partial charge on any atom is -0.378 e. The SMILES string of the molecule is C=C(c1cc(NCc2cc(F)ccc2C)c2nc(C)c(C)n2c1)N1CC(CC)C1. The Bertz CT molecular complexity index is 1080. The molecule has 0 saturated carbocycles. The molecule has 0 bridgehead atoms. The molecule has 1 fully saturated rings. The van der Waals surface area contributed by atoms with Crippen molar-refractivity contribution < 1.29 is 4.39 Å². The van der Waals surface area contributed by atoms with Gasteiger partial charge in [0.2, 0.25) is 0 Å². The summed E-state index contributed by atoms with van der Waals surface area (Å²) in [5.41, 5.74) is 8.11. The second-order valence-electron chi connectivity index (χ2n) is 8.17. The summed E-state index contributed by atoms with van der Waals surface area (Å²) < 4.78 is 15.8. The van der Waals surface area contributed by atoms with E-state index in [0.29, 0.717) is 6.54 Å². The zero-order valence-corrected chi connectivity index (χ0v) is 17.7. The lowest BCUT2D eigenvalue weighted by Gasteiger charge is -2.42. The second-order valence-corrected chi connectivity index (χ2v) is 8.17. The summed E-state index contributed by atoms with van der Waals surface area (Å²) in [6.07, 6.45) is 3.34. The maximum Gasteiger partial charge on any atom is 0.160 e. The number of fused-ring (bicyclic) bond motifs is 1. The van der Waals surface area contributed by atoms with Crippen molar-refractivity contribution in [3.63, 3.8) is 0 Å². The molecule has 0 atom stereocenters. The van der Waals surface area contributed by atoms with Crippen molar-refractivity contribution in [3.8, 4) is 0 Å². The van der Waals surface area contributed by atoms with E-state index >= 15 is 0 Å². The van der Waals surface area contributed by atoms with Gasteiger partial charge >= 0.3 is 0 Å². The average Bonchev–Trinajstić information content (AvgIpc) is 2.95. The van der Waals surface area contributed by atoms with Gasteiger partial charge in [-0.3, -0.25) is 0 Å². The van der Waals surface area contributed by atoms with Gasteiger partial charge in [0, 0.05) is 42.8 Å². The Labute approximate surface area is 172 Å². The summed E-state index contributed by atoms with van der Waals surface area (Å²) in [7, 11) is 0. The van der Waals surface area contributed by atoms with E-state index in [1.165, 1.54) is 12.5 Å². The zero-order chi connectivity index (χ0) is 20.7. The Morgan fingerprint density at radius 3 is 2.72 bits per heavy atom. The number of hydrogen-bond acceptors (Lipinski definition) is 3. The van der Waals surface area contributed by atoms with Gasteiger partial charge in [0.1, 0.15) is 5.82 Å². The number of anilines is 1. The molecule has 4 nitrogen and oxygen atoms in total. The van der Waals surface area contributed by atoms with Crippen LogP contribution in [0.5, 0.6) is 0 Å². The molecule has 1 N–H and O–H groups in total. The highest BCUT2D eigenvalue weighted by atomic mass is 19.1. The van der Waals surface area contributed by atoms with E-state index < -0.39 is 0 Å². The molecule has 0 amide bonds. The Morgan fingerprint density at radius 1 is 1.24 bits per heavy atom. The van der Waals surface area contributed by atoms with Gasteiger partial charge in [0.25, 0.3) is 0 Å². The fourth-order valence-electron chi connectivity index (χ4n) is 3.91. The molecule has 5 heteroatoms. The van der Waals surface area contributed by atoms with Crippen LogP contribution < -0.4 is 5.32 Å². The van der Waals surface area contributed by atoms with Crippen molar-refractivity contribution in [1.82, 2.24) is 14.3 Å². The first-order valence-corrected chi connectivity index (χ1v) is 10.3. The van der Waals surface area contributed by atoms with Crippen molar-refractivity contribution >= 4 is 17.0 Å². The molecule has 4 rings (SSSR count). The second kappa shape index (κ2) is 7.54. The van der Waals surface area contributed by atoms with Gasteiger partial charge in [0.05, 0.1) is 11.4 Å². The first-order chi connectivity index (χ1) is 13.9. The van der Waals surface area contributed by atoms with Gasteiger partial charge in [-0.25, -0.2) is 9.37 Å². The van der Waals surface area contributed by atoms with Crippen LogP contribution in [-0.2, 0) is 6.54 Å². The monoisotopic (exact) mass is 392 g/mol. The van der Waals surface area contributed by atoms with E-state index in [0.717, 1.165) is 64.1 Å². The predicted octanol–water partition coefficient (Wildman–Crippen LogP) is 5.32. The number of hydrogen-bond donors (Lipinski definition) is 1. The summed E-state index contributed by atoms with van der Waals surface area (Å²) in [4.78, 5) is 7.10. The van der Waals surface area contributed by atoms with Gasteiger partial charge < -0.3 is 14.6 Å². The Hall–Kier alpha value is -2.82. The van der Waals surface area contributed by atoms with E-state index in [-0.39, 0.29) is 5.82 Å². The molecule has 1 saturated heterocycles. The van der Waals surface area contributed by atoms with E-state index in [4.69, 9.17) is 4.98 Å². The minimum absolute atomic E-state index is 0.213. The van der Waals surface area contributed by atoms with E-state index in [1.54, 1.807) is 6.07 Å². The Kier molecular flexibility index (Phi) is 5.07. The third-order valence-corrected chi connectivity index (χ3v) is 6.23. The van der Waals surface area contributed by atoms with Crippen LogP contribution >= 0.6 is 0 Å². The molecular weight excluding hydrogens is 363 g/mol. The molecule has 2 aromatic heterocycles. The number of halogens is 1. The lowest BCUT2D eigenvalue weighted by Crippen LogP contribution is -2.44. The molecule has 0 spiro atoms. The third-order valence-electron chi connectivity index (χ3n) is 6.23. The molecule has 1 aliphatic heterocycles. The van der Waals surface area contributed by atoms with Crippen molar-refractivity contribution in [2.45, 2.75) is 40.7 Å². The highest BCUT2D eigenvalue weighted by Gasteiger charge is 2.27. The van der Waals surface area contributed by atoms with E-state index in [1.807, 2.05) is 19.9 Å². The van der Waals surface area contributed by atoms with Gasteiger partial charge in [-0.05, 0) is 62.4 Å². The fourth-order valence-corrected chi connectivity index (χ4v) is 3.91. The van der Waals surface area contributed by atoms with Gasteiger partial charge in [-0.1, -0.05) is 19.6 Å². The van der Waals surface area contributed by atoms with Crippen molar-refractivity contribution in [2.24, 2.45) is 5.92 Å². The van der Waals surface area contributed by atoms with Crippen LogP contribution in [0.3, 0.4) is 0 Å². The normalized spacial score (nSPS) is 14.3. The number of benzene rings is 1. The molecule has 1 aliphatic rings. The van der Waals surface area contributed by atoms with Crippen LogP contribution in [0.15, 0.2) is 37.0 Å². The summed E-state index contributed by atoms with van der Waals surface area (Å²) in [6.45, 7) is 15.4. The Balaban J connectivity index is 1.67.